The predicted octanol–water partition coefficient (Wildman–Crippen LogP) is 2.86. The molecule has 1 aliphatic heterocycles. The second-order valence-electron chi connectivity index (χ2n) is 5.08. The molecule has 1 aromatic heterocycles. The molecule has 1 unspecified atom stereocenters. The van der Waals surface area contributed by atoms with Crippen LogP contribution in [-0.2, 0) is 6.54 Å². The second kappa shape index (κ2) is 6.18. The number of hydrogen-bond acceptors (Lipinski definition) is 5. The number of thiophene rings is 1. The monoisotopic (exact) mass is 301 g/mol. The van der Waals surface area contributed by atoms with E-state index in [0.717, 1.165) is 24.8 Å². The molecule has 0 fully saturated rings. The molecule has 2 heterocycles. The molecule has 0 amide bonds. The lowest BCUT2D eigenvalue weighted by Gasteiger charge is -2.07. The summed E-state index contributed by atoms with van der Waals surface area (Å²) in [5.74, 6) is 1.79. The maximum Gasteiger partial charge on any atom is 0.191 e. The molecule has 0 radical (unpaired) electrons. The van der Waals surface area contributed by atoms with Gasteiger partial charge in [0.05, 0.1) is 20.2 Å². The number of nitrogens with one attached hydrogen (secondary N) is 2. The number of benzene rings is 1. The van der Waals surface area contributed by atoms with E-state index < -0.39 is 0 Å². The molecular weight excluding hydrogens is 282 g/mol. The lowest BCUT2D eigenvalue weighted by atomic mass is 10.2. The van der Waals surface area contributed by atoms with E-state index in [-0.39, 0.29) is 0 Å². The molecule has 1 aromatic carbocycles. The first kappa shape index (κ1) is 13.9. The number of aliphatic imine (C=N–C) groups is 1. The Morgan fingerprint density at radius 3 is 2.76 bits per heavy atom. The number of ether oxygens (including phenoxy) is 1. The molecule has 3 rings (SSSR count). The Kier molecular flexibility index (Phi) is 4.10. The van der Waals surface area contributed by atoms with Crippen LogP contribution in [-0.4, -0.2) is 25.7 Å². The number of hydrogen-bond donors (Lipinski definition) is 2. The molecule has 0 spiro atoms. The van der Waals surface area contributed by atoms with Gasteiger partial charge in [-0.1, -0.05) is 0 Å². The molecule has 0 saturated heterocycles. The third-order valence-electron chi connectivity index (χ3n) is 3.37. The van der Waals surface area contributed by atoms with Crippen molar-refractivity contribution in [3.8, 4) is 16.2 Å². The van der Waals surface area contributed by atoms with Crippen molar-refractivity contribution in [3.05, 3.63) is 41.3 Å². The predicted molar refractivity (Wildman–Crippen MR) is 88.0 cm³/mol. The Bertz CT molecular complexity index is 633. The molecule has 0 aliphatic carbocycles. The lowest BCUT2D eigenvalue weighted by molar-refractivity contribution is 0.415. The van der Waals surface area contributed by atoms with Gasteiger partial charge in [0.15, 0.2) is 5.96 Å². The average molecular weight is 301 g/mol. The molecule has 2 N–H and O–H groups in total. The molecule has 110 valence electrons. The second-order valence-corrected chi connectivity index (χ2v) is 6.25. The molecule has 2 aromatic rings. The number of methoxy groups -OCH3 is 1. The SMILES string of the molecule is COc1ccc(-c2ccc(CNC3=NCC(C)N3)s2)cc1. The fraction of sp³-hybridized carbons (Fsp3) is 0.312. The van der Waals surface area contributed by atoms with Crippen LogP contribution in [0.1, 0.15) is 11.8 Å². The molecule has 5 heteroatoms. The molecule has 1 atom stereocenters. The summed E-state index contributed by atoms with van der Waals surface area (Å²) in [4.78, 5) is 6.96. The van der Waals surface area contributed by atoms with E-state index in [9.17, 15) is 0 Å². The van der Waals surface area contributed by atoms with E-state index in [0.29, 0.717) is 6.04 Å². The van der Waals surface area contributed by atoms with Crippen molar-refractivity contribution >= 4 is 17.3 Å². The van der Waals surface area contributed by atoms with Crippen LogP contribution >= 0.6 is 11.3 Å². The van der Waals surface area contributed by atoms with Gasteiger partial charge in [0.25, 0.3) is 0 Å². The summed E-state index contributed by atoms with van der Waals surface area (Å²) in [6.07, 6.45) is 0. The largest absolute Gasteiger partial charge is 0.497 e. The molecule has 1 aliphatic rings. The fourth-order valence-electron chi connectivity index (χ4n) is 2.21. The minimum absolute atomic E-state index is 0.436. The van der Waals surface area contributed by atoms with Crippen LogP contribution in [0.3, 0.4) is 0 Å². The van der Waals surface area contributed by atoms with Crippen molar-refractivity contribution in [2.24, 2.45) is 4.99 Å². The highest BCUT2D eigenvalue weighted by Crippen LogP contribution is 2.29. The van der Waals surface area contributed by atoms with Gasteiger partial charge < -0.3 is 15.4 Å². The Morgan fingerprint density at radius 2 is 2.10 bits per heavy atom. The Hall–Kier alpha value is -2.01. The van der Waals surface area contributed by atoms with Crippen LogP contribution in [0.25, 0.3) is 10.4 Å². The zero-order chi connectivity index (χ0) is 14.7. The van der Waals surface area contributed by atoms with Crippen molar-refractivity contribution in [3.63, 3.8) is 0 Å². The summed E-state index contributed by atoms with van der Waals surface area (Å²) in [5, 5.41) is 6.65. The Balaban J connectivity index is 1.62. The third-order valence-corrected chi connectivity index (χ3v) is 4.51. The van der Waals surface area contributed by atoms with Crippen LogP contribution < -0.4 is 15.4 Å². The quantitative estimate of drug-likeness (QED) is 0.913. The number of rotatable bonds is 4. The number of nitrogens with zero attached hydrogens (tertiary/aromatic N) is 1. The molecule has 21 heavy (non-hydrogen) atoms. The van der Waals surface area contributed by atoms with Crippen LogP contribution in [0.15, 0.2) is 41.4 Å². The maximum atomic E-state index is 5.19. The fourth-order valence-corrected chi connectivity index (χ4v) is 3.17. The summed E-state index contributed by atoms with van der Waals surface area (Å²) in [6.45, 7) is 3.79. The third kappa shape index (κ3) is 3.36. The Labute approximate surface area is 128 Å². The van der Waals surface area contributed by atoms with Crippen LogP contribution in [0.2, 0.25) is 0 Å². The van der Waals surface area contributed by atoms with Gasteiger partial charge in [0.1, 0.15) is 5.75 Å². The van der Waals surface area contributed by atoms with E-state index >= 15 is 0 Å². The van der Waals surface area contributed by atoms with Crippen molar-refractivity contribution in [2.45, 2.75) is 19.5 Å². The lowest BCUT2D eigenvalue weighted by Crippen LogP contribution is -2.36. The smallest absolute Gasteiger partial charge is 0.191 e. The number of guanidine groups is 1. The first-order chi connectivity index (χ1) is 10.2. The highest BCUT2D eigenvalue weighted by atomic mass is 32.1. The summed E-state index contributed by atoms with van der Waals surface area (Å²) >= 11 is 1.80. The summed E-state index contributed by atoms with van der Waals surface area (Å²) in [7, 11) is 1.69. The minimum Gasteiger partial charge on any atom is -0.497 e. The van der Waals surface area contributed by atoms with Crippen LogP contribution in [0.5, 0.6) is 5.75 Å². The zero-order valence-corrected chi connectivity index (χ0v) is 13.0. The normalized spacial score (nSPS) is 17.2. The van der Waals surface area contributed by atoms with E-state index in [4.69, 9.17) is 4.74 Å². The summed E-state index contributed by atoms with van der Waals surface area (Å²) in [5.41, 5.74) is 1.22. The van der Waals surface area contributed by atoms with Gasteiger partial charge >= 0.3 is 0 Å². The summed E-state index contributed by atoms with van der Waals surface area (Å²) in [6, 6.07) is 12.9. The average Bonchev–Trinajstić information content (AvgIpc) is 3.14. The topological polar surface area (TPSA) is 45.6 Å². The molecular formula is C16H19N3OS. The maximum absolute atomic E-state index is 5.19. The van der Waals surface area contributed by atoms with Crippen LogP contribution in [0, 0.1) is 0 Å². The first-order valence-electron chi connectivity index (χ1n) is 7.02. The van der Waals surface area contributed by atoms with Gasteiger partial charge in [-0.15, -0.1) is 11.3 Å². The van der Waals surface area contributed by atoms with Gasteiger partial charge in [0.2, 0.25) is 0 Å². The van der Waals surface area contributed by atoms with Crippen molar-refractivity contribution in [1.82, 2.24) is 10.6 Å². The molecule has 0 bridgehead atoms. The van der Waals surface area contributed by atoms with E-state index in [1.165, 1.54) is 15.3 Å². The standard InChI is InChI=1S/C16H19N3OS/c1-11-9-17-16(19-11)18-10-14-7-8-15(21-14)12-3-5-13(20-2)6-4-12/h3-8,11H,9-10H2,1-2H3,(H2,17,18,19). The molecule has 0 saturated carbocycles. The van der Waals surface area contributed by atoms with Crippen molar-refractivity contribution < 1.29 is 4.74 Å². The van der Waals surface area contributed by atoms with Gasteiger partial charge in [-0.05, 0) is 48.9 Å². The highest BCUT2D eigenvalue weighted by Gasteiger charge is 2.12. The Morgan fingerprint density at radius 1 is 1.29 bits per heavy atom. The van der Waals surface area contributed by atoms with E-state index in [1.807, 2.05) is 12.1 Å². The van der Waals surface area contributed by atoms with E-state index in [1.54, 1.807) is 18.4 Å². The molecule has 4 nitrogen and oxygen atoms in total. The highest BCUT2D eigenvalue weighted by molar-refractivity contribution is 7.15. The van der Waals surface area contributed by atoms with E-state index in [2.05, 4.69) is 46.8 Å². The zero-order valence-electron chi connectivity index (χ0n) is 12.2. The minimum atomic E-state index is 0.436. The van der Waals surface area contributed by atoms with Crippen molar-refractivity contribution in [1.29, 1.82) is 0 Å². The van der Waals surface area contributed by atoms with Crippen molar-refractivity contribution in [2.75, 3.05) is 13.7 Å². The van der Waals surface area contributed by atoms with Gasteiger partial charge in [0, 0.05) is 15.8 Å². The van der Waals surface area contributed by atoms with Gasteiger partial charge in [-0.2, -0.15) is 0 Å². The summed E-state index contributed by atoms with van der Waals surface area (Å²) < 4.78 is 5.19. The van der Waals surface area contributed by atoms with Crippen LogP contribution in [0.4, 0.5) is 0 Å². The van der Waals surface area contributed by atoms with Gasteiger partial charge in [-0.25, -0.2) is 0 Å². The first-order valence-corrected chi connectivity index (χ1v) is 7.84. The van der Waals surface area contributed by atoms with Gasteiger partial charge in [-0.3, -0.25) is 4.99 Å².